The molecule has 0 aromatic heterocycles. The number of rotatable bonds is 4. The molecule has 0 aromatic carbocycles. The lowest BCUT2D eigenvalue weighted by Crippen LogP contribution is -2.48. The van der Waals surface area contributed by atoms with Gasteiger partial charge >= 0.3 is 0 Å². The van der Waals surface area contributed by atoms with Crippen LogP contribution >= 0.6 is 0 Å². The van der Waals surface area contributed by atoms with Crippen LogP contribution in [0.3, 0.4) is 0 Å². The van der Waals surface area contributed by atoms with Crippen molar-refractivity contribution in [3.63, 3.8) is 0 Å². The minimum absolute atomic E-state index is 0.434. The van der Waals surface area contributed by atoms with Gasteiger partial charge in [-0.2, -0.15) is 0 Å². The predicted molar refractivity (Wildman–Crippen MR) is 69.7 cm³/mol. The van der Waals surface area contributed by atoms with Gasteiger partial charge in [-0.15, -0.1) is 0 Å². The van der Waals surface area contributed by atoms with Crippen LogP contribution in [0.15, 0.2) is 0 Å². The van der Waals surface area contributed by atoms with Crippen molar-refractivity contribution in [1.29, 1.82) is 0 Å². The Morgan fingerprint density at radius 1 is 1.31 bits per heavy atom. The molecule has 0 aliphatic carbocycles. The molecule has 0 bridgehead atoms. The van der Waals surface area contributed by atoms with Gasteiger partial charge in [-0.25, -0.2) is 0 Å². The zero-order valence-corrected chi connectivity index (χ0v) is 11.8. The number of piperidine rings is 1. The largest absolute Gasteiger partial charge is 0.380 e. The molecule has 2 nitrogen and oxygen atoms in total. The van der Waals surface area contributed by atoms with Crippen molar-refractivity contribution >= 4 is 0 Å². The van der Waals surface area contributed by atoms with Crippen molar-refractivity contribution in [2.45, 2.75) is 53.5 Å². The van der Waals surface area contributed by atoms with Gasteiger partial charge in [0, 0.05) is 19.2 Å². The van der Waals surface area contributed by atoms with Gasteiger partial charge in [-0.05, 0) is 44.6 Å². The lowest BCUT2D eigenvalue weighted by molar-refractivity contribution is 0.0200. The number of nitrogens with zero attached hydrogens (tertiary/aromatic N) is 1. The van der Waals surface area contributed by atoms with E-state index in [1.54, 1.807) is 0 Å². The summed E-state index contributed by atoms with van der Waals surface area (Å²) in [5.41, 5.74) is 0.434. The molecular weight excluding hydrogens is 198 g/mol. The molecule has 1 saturated heterocycles. The number of likely N-dealkylation sites (tertiary alicyclic amines) is 1. The smallest absolute Gasteiger partial charge is 0.0593 e. The van der Waals surface area contributed by atoms with Gasteiger partial charge in [0.2, 0.25) is 0 Å². The third-order valence-corrected chi connectivity index (χ3v) is 3.96. The molecule has 16 heavy (non-hydrogen) atoms. The standard InChI is InChI=1S/C14H29NO/c1-6-16-11-10-15-9-7-8-13(12(15)2)14(3,4)5/h12-13H,6-11H2,1-5H3/t12-,13+/m1/s1. The molecule has 0 aromatic rings. The van der Waals surface area contributed by atoms with E-state index in [9.17, 15) is 0 Å². The van der Waals surface area contributed by atoms with Gasteiger partial charge in [0.25, 0.3) is 0 Å². The summed E-state index contributed by atoms with van der Waals surface area (Å²) in [5.74, 6) is 0.822. The van der Waals surface area contributed by atoms with Crippen molar-refractivity contribution in [3.05, 3.63) is 0 Å². The highest BCUT2D eigenvalue weighted by Gasteiger charge is 2.35. The minimum atomic E-state index is 0.434. The molecule has 0 saturated carbocycles. The minimum Gasteiger partial charge on any atom is -0.380 e. The summed E-state index contributed by atoms with van der Waals surface area (Å²) in [7, 11) is 0. The van der Waals surface area contributed by atoms with Gasteiger partial charge in [0.15, 0.2) is 0 Å². The maximum Gasteiger partial charge on any atom is 0.0593 e. The fourth-order valence-electron chi connectivity index (χ4n) is 3.01. The summed E-state index contributed by atoms with van der Waals surface area (Å²) < 4.78 is 5.46. The zero-order valence-electron chi connectivity index (χ0n) is 11.8. The average Bonchev–Trinajstić information content (AvgIpc) is 2.19. The maximum absolute atomic E-state index is 5.46. The van der Waals surface area contributed by atoms with Crippen LogP contribution in [0.25, 0.3) is 0 Å². The van der Waals surface area contributed by atoms with Gasteiger partial charge in [0.05, 0.1) is 6.61 Å². The molecule has 1 rings (SSSR count). The molecule has 1 aliphatic rings. The Balaban J connectivity index is 2.47. The Morgan fingerprint density at radius 2 is 2.00 bits per heavy atom. The number of ether oxygens (including phenoxy) is 1. The van der Waals surface area contributed by atoms with E-state index in [2.05, 4.69) is 39.5 Å². The highest BCUT2D eigenvalue weighted by molar-refractivity contribution is 4.87. The predicted octanol–water partition coefficient (Wildman–Crippen LogP) is 3.17. The van der Waals surface area contributed by atoms with E-state index in [-0.39, 0.29) is 0 Å². The van der Waals surface area contributed by atoms with E-state index in [1.807, 2.05) is 0 Å². The summed E-state index contributed by atoms with van der Waals surface area (Å²) in [4.78, 5) is 2.61. The Labute approximate surface area is 101 Å². The van der Waals surface area contributed by atoms with Crippen molar-refractivity contribution < 1.29 is 4.74 Å². The summed E-state index contributed by atoms with van der Waals surface area (Å²) in [6.45, 7) is 15.7. The SMILES string of the molecule is CCOCCN1CCC[C@H](C(C)(C)C)[C@H]1C. The molecule has 2 atom stereocenters. The van der Waals surface area contributed by atoms with Crippen LogP contribution in [0.5, 0.6) is 0 Å². The maximum atomic E-state index is 5.46. The van der Waals surface area contributed by atoms with Gasteiger partial charge < -0.3 is 4.74 Å². The summed E-state index contributed by atoms with van der Waals surface area (Å²) in [6.07, 6.45) is 2.73. The van der Waals surface area contributed by atoms with Crippen LogP contribution in [0.4, 0.5) is 0 Å². The van der Waals surface area contributed by atoms with Crippen molar-refractivity contribution in [3.8, 4) is 0 Å². The molecule has 0 spiro atoms. The molecule has 1 heterocycles. The average molecular weight is 227 g/mol. The number of hydrogen-bond donors (Lipinski definition) is 0. The van der Waals surface area contributed by atoms with Crippen molar-refractivity contribution in [2.24, 2.45) is 11.3 Å². The fourth-order valence-corrected chi connectivity index (χ4v) is 3.01. The highest BCUT2D eigenvalue weighted by Crippen LogP contribution is 2.37. The normalized spacial score (nSPS) is 28.3. The van der Waals surface area contributed by atoms with Crippen LogP contribution in [-0.4, -0.2) is 37.2 Å². The molecular formula is C14H29NO. The molecule has 0 amide bonds. The monoisotopic (exact) mass is 227 g/mol. The van der Waals surface area contributed by atoms with Crippen molar-refractivity contribution in [1.82, 2.24) is 4.90 Å². The lowest BCUT2D eigenvalue weighted by Gasteiger charge is -2.45. The van der Waals surface area contributed by atoms with Crippen LogP contribution < -0.4 is 0 Å². The van der Waals surface area contributed by atoms with Gasteiger partial charge in [0.1, 0.15) is 0 Å². The van der Waals surface area contributed by atoms with Crippen molar-refractivity contribution in [2.75, 3.05) is 26.3 Å². The Morgan fingerprint density at radius 3 is 2.56 bits per heavy atom. The third kappa shape index (κ3) is 3.74. The summed E-state index contributed by atoms with van der Waals surface area (Å²) >= 11 is 0. The summed E-state index contributed by atoms with van der Waals surface area (Å²) in [6, 6.07) is 0.703. The second-order valence-corrected chi connectivity index (χ2v) is 6.09. The molecule has 2 heteroatoms. The van der Waals surface area contributed by atoms with E-state index in [1.165, 1.54) is 19.4 Å². The molecule has 96 valence electrons. The first-order valence-corrected chi connectivity index (χ1v) is 6.78. The molecule has 1 fully saturated rings. The van der Waals surface area contributed by atoms with E-state index >= 15 is 0 Å². The molecule has 0 radical (unpaired) electrons. The second kappa shape index (κ2) is 6.02. The van der Waals surface area contributed by atoms with Crippen LogP contribution in [0.2, 0.25) is 0 Å². The van der Waals surface area contributed by atoms with Crippen LogP contribution in [0.1, 0.15) is 47.5 Å². The van der Waals surface area contributed by atoms with Gasteiger partial charge in [-0.3, -0.25) is 4.90 Å². The lowest BCUT2D eigenvalue weighted by atomic mass is 9.72. The fraction of sp³-hybridized carbons (Fsp3) is 1.00. The highest BCUT2D eigenvalue weighted by atomic mass is 16.5. The topological polar surface area (TPSA) is 12.5 Å². The van der Waals surface area contributed by atoms with E-state index in [0.717, 1.165) is 25.7 Å². The zero-order chi connectivity index (χ0) is 12.2. The quantitative estimate of drug-likeness (QED) is 0.684. The first-order chi connectivity index (χ1) is 7.46. The van der Waals surface area contributed by atoms with Crippen LogP contribution in [0, 0.1) is 11.3 Å². The first kappa shape index (κ1) is 14.0. The van der Waals surface area contributed by atoms with E-state index < -0.39 is 0 Å². The molecule has 1 aliphatic heterocycles. The van der Waals surface area contributed by atoms with Gasteiger partial charge in [-0.1, -0.05) is 20.8 Å². The molecule has 0 unspecified atom stereocenters. The van der Waals surface area contributed by atoms with Crippen LogP contribution in [-0.2, 0) is 4.74 Å². The second-order valence-electron chi connectivity index (χ2n) is 6.09. The first-order valence-electron chi connectivity index (χ1n) is 6.78. The Hall–Kier alpha value is -0.0800. The van der Waals surface area contributed by atoms with E-state index in [4.69, 9.17) is 4.74 Å². The molecule has 0 N–H and O–H groups in total. The Bertz CT molecular complexity index is 197. The third-order valence-electron chi connectivity index (χ3n) is 3.96. The summed E-state index contributed by atoms with van der Waals surface area (Å²) in [5, 5.41) is 0. The Kier molecular flexibility index (Phi) is 5.26. The van der Waals surface area contributed by atoms with E-state index in [0.29, 0.717) is 11.5 Å². The number of hydrogen-bond acceptors (Lipinski definition) is 2.